The zero-order valence-electron chi connectivity index (χ0n) is 9.24. The number of carbonyl (C=O) groups excluding carboxylic acids is 2. The van der Waals surface area contributed by atoms with Crippen molar-refractivity contribution in [2.75, 3.05) is 5.75 Å². The van der Waals surface area contributed by atoms with Gasteiger partial charge in [0.05, 0.1) is 5.75 Å². The highest BCUT2D eigenvalue weighted by Gasteiger charge is 2.05. The van der Waals surface area contributed by atoms with Gasteiger partial charge in [0.2, 0.25) is 5.91 Å². The van der Waals surface area contributed by atoms with Crippen LogP contribution in [-0.4, -0.2) is 17.7 Å². The summed E-state index contributed by atoms with van der Waals surface area (Å²) in [5.41, 5.74) is 7.22. The van der Waals surface area contributed by atoms with Crippen LogP contribution >= 0.6 is 11.8 Å². The van der Waals surface area contributed by atoms with Crippen LogP contribution in [0.15, 0.2) is 23.1 Å². The van der Waals surface area contributed by atoms with Crippen molar-refractivity contribution < 1.29 is 9.59 Å². The summed E-state index contributed by atoms with van der Waals surface area (Å²) in [7, 11) is 0. The van der Waals surface area contributed by atoms with Gasteiger partial charge in [0.25, 0.3) is 0 Å². The fourth-order valence-electron chi connectivity index (χ4n) is 1.13. The Hall–Kier alpha value is -1.49. The SMILES string of the molecule is Cc1ccc(SCC(=O)NC(N)=O)cc1C. The number of urea groups is 1. The summed E-state index contributed by atoms with van der Waals surface area (Å²) in [6.45, 7) is 4.05. The number of thioether (sulfide) groups is 1. The average Bonchev–Trinajstić information content (AvgIpc) is 2.19. The number of nitrogens with one attached hydrogen (secondary N) is 1. The van der Waals surface area contributed by atoms with E-state index in [4.69, 9.17) is 5.73 Å². The van der Waals surface area contributed by atoms with Crippen molar-refractivity contribution in [3.8, 4) is 0 Å². The van der Waals surface area contributed by atoms with Gasteiger partial charge in [-0.3, -0.25) is 10.1 Å². The van der Waals surface area contributed by atoms with E-state index in [1.807, 2.05) is 37.4 Å². The molecule has 0 bridgehead atoms. The monoisotopic (exact) mass is 238 g/mol. The lowest BCUT2D eigenvalue weighted by molar-refractivity contribution is -0.117. The molecule has 0 aliphatic heterocycles. The second-order valence-electron chi connectivity index (χ2n) is 3.45. The second-order valence-corrected chi connectivity index (χ2v) is 4.50. The van der Waals surface area contributed by atoms with Crippen LogP contribution in [0, 0.1) is 13.8 Å². The maximum Gasteiger partial charge on any atom is 0.318 e. The maximum atomic E-state index is 11.1. The molecule has 0 saturated heterocycles. The molecule has 1 aromatic rings. The molecule has 5 heteroatoms. The molecule has 0 spiro atoms. The molecular formula is C11H14N2O2S. The van der Waals surface area contributed by atoms with Crippen molar-refractivity contribution in [3.63, 3.8) is 0 Å². The lowest BCUT2D eigenvalue weighted by Crippen LogP contribution is -2.36. The van der Waals surface area contributed by atoms with Gasteiger partial charge in [0, 0.05) is 4.90 Å². The fraction of sp³-hybridized carbons (Fsp3) is 0.273. The van der Waals surface area contributed by atoms with Crippen LogP contribution in [0.2, 0.25) is 0 Å². The zero-order chi connectivity index (χ0) is 12.1. The maximum absolute atomic E-state index is 11.1. The molecule has 3 amide bonds. The highest BCUT2D eigenvalue weighted by atomic mass is 32.2. The Morgan fingerprint density at radius 2 is 2.00 bits per heavy atom. The second kappa shape index (κ2) is 5.55. The number of imide groups is 1. The summed E-state index contributed by atoms with van der Waals surface area (Å²) >= 11 is 1.37. The number of hydrogen-bond donors (Lipinski definition) is 2. The van der Waals surface area contributed by atoms with Gasteiger partial charge in [-0.1, -0.05) is 6.07 Å². The van der Waals surface area contributed by atoms with E-state index in [0.717, 1.165) is 4.90 Å². The quantitative estimate of drug-likeness (QED) is 0.785. The Labute approximate surface area is 98.6 Å². The summed E-state index contributed by atoms with van der Waals surface area (Å²) in [4.78, 5) is 22.5. The number of benzene rings is 1. The first-order valence-electron chi connectivity index (χ1n) is 4.78. The molecular weight excluding hydrogens is 224 g/mol. The van der Waals surface area contributed by atoms with Crippen LogP contribution in [0.3, 0.4) is 0 Å². The summed E-state index contributed by atoms with van der Waals surface area (Å²) in [5, 5.41) is 2.02. The van der Waals surface area contributed by atoms with E-state index in [1.165, 1.54) is 22.9 Å². The summed E-state index contributed by atoms with van der Waals surface area (Å²) in [6, 6.07) is 5.15. The van der Waals surface area contributed by atoms with Gasteiger partial charge in [-0.25, -0.2) is 4.79 Å². The molecule has 1 rings (SSSR count). The summed E-state index contributed by atoms with van der Waals surface area (Å²) in [5.74, 6) is -0.193. The molecule has 0 radical (unpaired) electrons. The molecule has 0 aromatic heterocycles. The molecule has 0 atom stereocenters. The van der Waals surface area contributed by atoms with E-state index >= 15 is 0 Å². The molecule has 0 aliphatic rings. The minimum Gasteiger partial charge on any atom is -0.351 e. The number of carbonyl (C=O) groups is 2. The third kappa shape index (κ3) is 3.94. The van der Waals surface area contributed by atoms with Crippen LogP contribution < -0.4 is 11.1 Å². The normalized spacial score (nSPS) is 9.88. The molecule has 3 N–H and O–H groups in total. The van der Waals surface area contributed by atoms with Gasteiger partial charge >= 0.3 is 6.03 Å². The predicted molar refractivity (Wildman–Crippen MR) is 64.4 cm³/mol. The van der Waals surface area contributed by atoms with Crippen molar-refractivity contribution in [2.24, 2.45) is 5.73 Å². The molecule has 0 unspecified atom stereocenters. The Bertz CT molecular complexity index is 418. The van der Waals surface area contributed by atoms with Gasteiger partial charge in [-0.2, -0.15) is 0 Å². The van der Waals surface area contributed by atoms with E-state index in [2.05, 4.69) is 0 Å². The van der Waals surface area contributed by atoms with Crippen molar-refractivity contribution in [1.29, 1.82) is 0 Å². The molecule has 0 heterocycles. The summed E-state index contributed by atoms with van der Waals surface area (Å²) < 4.78 is 0. The minimum atomic E-state index is -0.814. The Morgan fingerprint density at radius 1 is 1.31 bits per heavy atom. The number of aryl methyl sites for hydroxylation is 2. The van der Waals surface area contributed by atoms with Crippen LogP contribution in [-0.2, 0) is 4.79 Å². The van der Waals surface area contributed by atoms with Crippen molar-refractivity contribution >= 4 is 23.7 Å². The Balaban J connectivity index is 2.51. The van der Waals surface area contributed by atoms with Crippen molar-refractivity contribution in [2.45, 2.75) is 18.7 Å². The number of nitrogens with two attached hydrogens (primary N) is 1. The number of hydrogen-bond acceptors (Lipinski definition) is 3. The predicted octanol–water partition coefficient (Wildman–Crippen LogP) is 1.59. The first-order valence-corrected chi connectivity index (χ1v) is 5.77. The highest BCUT2D eigenvalue weighted by molar-refractivity contribution is 8.00. The molecule has 1 aromatic carbocycles. The van der Waals surface area contributed by atoms with Gasteiger partial charge < -0.3 is 5.73 Å². The molecule has 0 saturated carbocycles. The van der Waals surface area contributed by atoms with Crippen LogP contribution in [0.5, 0.6) is 0 Å². The zero-order valence-corrected chi connectivity index (χ0v) is 10.1. The van der Waals surface area contributed by atoms with Gasteiger partial charge in [0.1, 0.15) is 0 Å². The lowest BCUT2D eigenvalue weighted by atomic mass is 10.1. The molecule has 16 heavy (non-hydrogen) atoms. The minimum absolute atomic E-state index is 0.186. The number of primary amides is 1. The van der Waals surface area contributed by atoms with Crippen LogP contribution in [0.25, 0.3) is 0 Å². The average molecular weight is 238 g/mol. The van der Waals surface area contributed by atoms with E-state index in [1.54, 1.807) is 0 Å². The number of amides is 3. The highest BCUT2D eigenvalue weighted by Crippen LogP contribution is 2.20. The van der Waals surface area contributed by atoms with Crippen molar-refractivity contribution in [1.82, 2.24) is 5.32 Å². The molecule has 0 aliphatic carbocycles. The summed E-state index contributed by atoms with van der Waals surface area (Å²) in [6.07, 6.45) is 0. The molecule has 86 valence electrons. The van der Waals surface area contributed by atoms with E-state index in [-0.39, 0.29) is 11.7 Å². The van der Waals surface area contributed by atoms with Gasteiger partial charge in [0.15, 0.2) is 0 Å². The Kier molecular flexibility index (Phi) is 4.37. The molecule has 4 nitrogen and oxygen atoms in total. The first kappa shape index (κ1) is 12.6. The fourth-order valence-corrected chi connectivity index (χ4v) is 1.92. The van der Waals surface area contributed by atoms with E-state index < -0.39 is 6.03 Å². The lowest BCUT2D eigenvalue weighted by Gasteiger charge is -2.04. The van der Waals surface area contributed by atoms with Crippen LogP contribution in [0.4, 0.5) is 4.79 Å². The van der Waals surface area contributed by atoms with E-state index in [9.17, 15) is 9.59 Å². The van der Waals surface area contributed by atoms with Gasteiger partial charge in [-0.05, 0) is 37.1 Å². The van der Waals surface area contributed by atoms with E-state index in [0.29, 0.717) is 0 Å². The van der Waals surface area contributed by atoms with Gasteiger partial charge in [-0.15, -0.1) is 11.8 Å². The standard InChI is InChI=1S/C11H14N2O2S/c1-7-3-4-9(5-8(7)2)16-6-10(14)13-11(12)15/h3-5H,6H2,1-2H3,(H3,12,13,14,15). The third-order valence-corrected chi connectivity index (χ3v) is 3.10. The first-order chi connectivity index (χ1) is 7.49. The Morgan fingerprint density at radius 3 is 2.56 bits per heavy atom. The number of rotatable bonds is 3. The topological polar surface area (TPSA) is 72.2 Å². The van der Waals surface area contributed by atoms with Crippen molar-refractivity contribution in [3.05, 3.63) is 29.3 Å². The third-order valence-electron chi connectivity index (χ3n) is 2.11. The smallest absolute Gasteiger partial charge is 0.318 e. The van der Waals surface area contributed by atoms with Crippen LogP contribution in [0.1, 0.15) is 11.1 Å². The largest absolute Gasteiger partial charge is 0.351 e. The molecule has 0 fully saturated rings.